The van der Waals surface area contributed by atoms with Gasteiger partial charge in [0.05, 0.1) is 0 Å². The average molecular weight is 243 g/mol. The summed E-state index contributed by atoms with van der Waals surface area (Å²) in [5, 5.41) is 3.34. The van der Waals surface area contributed by atoms with Gasteiger partial charge in [0, 0.05) is 12.6 Å². The lowest BCUT2D eigenvalue weighted by molar-refractivity contribution is 0.412. The van der Waals surface area contributed by atoms with Gasteiger partial charge in [0.15, 0.2) is 5.96 Å². The van der Waals surface area contributed by atoms with Crippen molar-refractivity contribution in [1.29, 1.82) is 0 Å². The van der Waals surface area contributed by atoms with E-state index >= 15 is 0 Å². The Morgan fingerprint density at radius 1 is 1.44 bits per heavy atom. The summed E-state index contributed by atoms with van der Waals surface area (Å²) in [6.07, 6.45) is 8.65. The molecule has 1 rings (SSSR count). The lowest BCUT2D eigenvalue weighted by atomic mass is 9.96. The fourth-order valence-corrected chi connectivity index (χ4v) is 2.77. The highest BCUT2D eigenvalue weighted by molar-refractivity contribution is 7.98. The van der Waals surface area contributed by atoms with Gasteiger partial charge in [-0.1, -0.05) is 26.2 Å². The molecule has 0 spiro atoms. The summed E-state index contributed by atoms with van der Waals surface area (Å²) in [7, 11) is 0. The smallest absolute Gasteiger partial charge is 0.188 e. The van der Waals surface area contributed by atoms with Crippen LogP contribution in [0, 0.1) is 5.92 Å². The number of aliphatic imine (C=N–C) groups is 1. The molecule has 3 N–H and O–H groups in total. The molecule has 1 atom stereocenters. The van der Waals surface area contributed by atoms with Crippen LogP contribution < -0.4 is 11.1 Å². The minimum absolute atomic E-state index is 0.563. The van der Waals surface area contributed by atoms with Gasteiger partial charge in [0.1, 0.15) is 0 Å². The molecule has 1 aliphatic carbocycles. The van der Waals surface area contributed by atoms with Gasteiger partial charge in [-0.15, -0.1) is 0 Å². The first-order valence-corrected chi connectivity index (χ1v) is 7.67. The number of nitrogens with zero attached hydrogens (tertiary/aromatic N) is 1. The third kappa shape index (κ3) is 5.64. The zero-order valence-electron chi connectivity index (χ0n) is 10.5. The summed E-state index contributed by atoms with van der Waals surface area (Å²) in [6.45, 7) is 3.06. The van der Waals surface area contributed by atoms with Crippen molar-refractivity contribution < 1.29 is 0 Å². The lowest BCUT2D eigenvalue weighted by Gasteiger charge is -2.23. The zero-order valence-corrected chi connectivity index (χ0v) is 11.4. The van der Waals surface area contributed by atoms with Crippen LogP contribution in [0.15, 0.2) is 4.99 Å². The minimum atomic E-state index is 0.563. The van der Waals surface area contributed by atoms with Gasteiger partial charge in [0.2, 0.25) is 0 Å². The molecule has 16 heavy (non-hydrogen) atoms. The van der Waals surface area contributed by atoms with Crippen LogP contribution in [0.4, 0.5) is 0 Å². The Bertz CT molecular complexity index is 212. The normalized spacial score (nSPS) is 20.8. The molecule has 0 radical (unpaired) electrons. The van der Waals surface area contributed by atoms with E-state index in [0.717, 1.165) is 12.3 Å². The molecule has 4 heteroatoms. The molecule has 0 heterocycles. The summed E-state index contributed by atoms with van der Waals surface area (Å²) in [5.41, 5.74) is 5.88. The Kier molecular flexibility index (Phi) is 6.69. The predicted molar refractivity (Wildman–Crippen MR) is 74.0 cm³/mol. The molecule has 0 aromatic carbocycles. The highest BCUT2D eigenvalue weighted by Crippen LogP contribution is 2.17. The molecular weight excluding hydrogens is 218 g/mol. The first kappa shape index (κ1) is 13.7. The number of nitrogens with two attached hydrogens (primary N) is 1. The Hall–Kier alpha value is -0.380. The van der Waals surface area contributed by atoms with Crippen molar-refractivity contribution in [3.63, 3.8) is 0 Å². The van der Waals surface area contributed by atoms with Crippen molar-refractivity contribution in [2.24, 2.45) is 16.6 Å². The van der Waals surface area contributed by atoms with Crippen LogP contribution in [-0.2, 0) is 0 Å². The number of nitrogens with one attached hydrogen (secondary N) is 1. The Balaban J connectivity index is 2.21. The van der Waals surface area contributed by atoms with Gasteiger partial charge in [-0.2, -0.15) is 11.8 Å². The topological polar surface area (TPSA) is 50.4 Å². The maximum atomic E-state index is 5.88. The van der Waals surface area contributed by atoms with Gasteiger partial charge in [-0.25, -0.2) is 0 Å². The third-order valence-corrected chi connectivity index (χ3v) is 3.88. The molecule has 0 saturated heterocycles. The van der Waals surface area contributed by atoms with Crippen molar-refractivity contribution in [3.8, 4) is 0 Å². The summed E-state index contributed by atoms with van der Waals surface area (Å²) < 4.78 is 0. The molecule has 0 aromatic rings. The second-order valence-corrected chi connectivity index (χ2v) is 5.68. The van der Waals surface area contributed by atoms with Crippen LogP contribution >= 0.6 is 11.8 Å². The second-order valence-electron chi connectivity index (χ2n) is 4.77. The second kappa shape index (κ2) is 7.82. The molecule has 0 bridgehead atoms. The highest BCUT2D eigenvalue weighted by atomic mass is 32.2. The molecule has 3 nitrogen and oxygen atoms in total. The van der Waals surface area contributed by atoms with Crippen molar-refractivity contribution >= 4 is 17.7 Å². The fourth-order valence-electron chi connectivity index (χ4n) is 2.09. The number of hydrogen-bond acceptors (Lipinski definition) is 2. The molecule has 94 valence electrons. The maximum absolute atomic E-state index is 5.88. The maximum Gasteiger partial charge on any atom is 0.188 e. The third-order valence-electron chi connectivity index (χ3n) is 2.98. The quantitative estimate of drug-likeness (QED) is 0.575. The van der Waals surface area contributed by atoms with E-state index in [1.54, 1.807) is 0 Å². The van der Waals surface area contributed by atoms with Crippen molar-refractivity contribution in [2.75, 3.05) is 18.6 Å². The van der Waals surface area contributed by atoms with E-state index in [4.69, 9.17) is 5.73 Å². The number of thioether (sulfide) groups is 1. The molecule has 1 fully saturated rings. The van der Waals surface area contributed by atoms with Crippen molar-refractivity contribution in [3.05, 3.63) is 0 Å². The lowest BCUT2D eigenvalue weighted by Crippen LogP contribution is -2.41. The molecule has 0 aromatic heterocycles. The summed E-state index contributed by atoms with van der Waals surface area (Å²) in [5.74, 6) is 2.40. The molecule has 1 unspecified atom stereocenters. The number of rotatable bonds is 5. The Morgan fingerprint density at radius 2 is 2.12 bits per heavy atom. The van der Waals surface area contributed by atoms with E-state index in [2.05, 4.69) is 23.5 Å². The molecule has 0 amide bonds. The summed E-state index contributed by atoms with van der Waals surface area (Å²) >= 11 is 1.87. The van der Waals surface area contributed by atoms with E-state index in [0.29, 0.717) is 17.9 Å². The van der Waals surface area contributed by atoms with Crippen LogP contribution in [0.3, 0.4) is 0 Å². The van der Waals surface area contributed by atoms with Gasteiger partial charge in [0.25, 0.3) is 0 Å². The van der Waals surface area contributed by atoms with Gasteiger partial charge in [-0.3, -0.25) is 4.99 Å². The SMILES string of the molecule is CSCC(C)CN=C(N)NC1CCCCC1. The first-order valence-electron chi connectivity index (χ1n) is 6.27. The minimum Gasteiger partial charge on any atom is -0.370 e. The fraction of sp³-hybridized carbons (Fsp3) is 0.917. The average Bonchev–Trinajstić information content (AvgIpc) is 2.28. The summed E-state index contributed by atoms with van der Waals surface area (Å²) in [4.78, 5) is 4.41. The van der Waals surface area contributed by atoms with Crippen molar-refractivity contribution in [2.45, 2.75) is 45.1 Å². The largest absolute Gasteiger partial charge is 0.370 e. The molecule has 1 saturated carbocycles. The van der Waals surface area contributed by atoms with E-state index in [9.17, 15) is 0 Å². The van der Waals surface area contributed by atoms with Crippen LogP contribution in [0.2, 0.25) is 0 Å². The van der Waals surface area contributed by atoms with E-state index in [-0.39, 0.29) is 0 Å². The Morgan fingerprint density at radius 3 is 2.75 bits per heavy atom. The monoisotopic (exact) mass is 243 g/mol. The predicted octanol–water partition coefficient (Wildman–Crippen LogP) is 2.22. The van der Waals surface area contributed by atoms with Gasteiger partial charge < -0.3 is 11.1 Å². The Labute approximate surface area is 104 Å². The van der Waals surface area contributed by atoms with E-state index in [1.807, 2.05) is 11.8 Å². The molecule has 1 aliphatic rings. The molecular formula is C12H25N3S. The first-order chi connectivity index (χ1) is 7.72. The van der Waals surface area contributed by atoms with Gasteiger partial charge >= 0.3 is 0 Å². The summed E-state index contributed by atoms with van der Waals surface area (Å²) in [6, 6.07) is 0.563. The van der Waals surface area contributed by atoms with E-state index in [1.165, 1.54) is 32.1 Å². The highest BCUT2D eigenvalue weighted by Gasteiger charge is 2.13. The zero-order chi connectivity index (χ0) is 11.8. The van der Waals surface area contributed by atoms with Crippen LogP contribution in [0.25, 0.3) is 0 Å². The number of hydrogen-bond donors (Lipinski definition) is 2. The van der Waals surface area contributed by atoms with Gasteiger partial charge in [-0.05, 0) is 30.8 Å². The van der Waals surface area contributed by atoms with Crippen LogP contribution in [0.5, 0.6) is 0 Å². The standard InChI is InChI=1S/C12H25N3S/c1-10(9-16-2)8-14-12(13)15-11-6-4-3-5-7-11/h10-11H,3-9H2,1-2H3,(H3,13,14,15). The van der Waals surface area contributed by atoms with Crippen molar-refractivity contribution in [1.82, 2.24) is 5.32 Å². The van der Waals surface area contributed by atoms with E-state index < -0.39 is 0 Å². The van der Waals surface area contributed by atoms with Crippen LogP contribution in [0.1, 0.15) is 39.0 Å². The van der Waals surface area contributed by atoms with Crippen LogP contribution in [-0.4, -0.2) is 30.6 Å². The molecule has 0 aliphatic heterocycles. The number of guanidine groups is 1.